The van der Waals surface area contributed by atoms with Crippen LogP contribution in [0.25, 0.3) is 0 Å². The third-order valence-corrected chi connectivity index (χ3v) is 1.53. The second kappa shape index (κ2) is 4.38. The lowest BCUT2D eigenvalue weighted by molar-refractivity contribution is 0.544. The van der Waals surface area contributed by atoms with Crippen molar-refractivity contribution in [3.05, 3.63) is 23.8 Å². The second-order valence-corrected chi connectivity index (χ2v) is 4.09. The molecule has 0 atom stereocenters. The maximum absolute atomic E-state index is 2.23. The van der Waals surface area contributed by atoms with E-state index in [1.807, 2.05) is 0 Å². The van der Waals surface area contributed by atoms with Gasteiger partial charge in [0.1, 0.15) is 0 Å². The summed E-state index contributed by atoms with van der Waals surface area (Å²) in [5, 5.41) is 0. The Morgan fingerprint density at radius 2 is 1.82 bits per heavy atom. The third-order valence-electron chi connectivity index (χ3n) is 1.53. The summed E-state index contributed by atoms with van der Waals surface area (Å²) < 4.78 is 0. The van der Waals surface area contributed by atoms with E-state index in [9.17, 15) is 0 Å². The molecule has 0 aromatic heterocycles. The zero-order chi connectivity index (χ0) is 8.91. The molecule has 0 radical (unpaired) electrons. The van der Waals surface area contributed by atoms with Crippen LogP contribution in [0.1, 0.15) is 41.0 Å². The summed E-state index contributed by atoms with van der Waals surface area (Å²) in [7, 11) is 0. The van der Waals surface area contributed by atoms with Crippen LogP contribution in [-0.2, 0) is 0 Å². The Kier molecular flexibility index (Phi) is 4.17. The molecule has 0 aromatic carbocycles. The highest BCUT2D eigenvalue weighted by Gasteiger charge is 2.01. The molecule has 0 nitrogen and oxygen atoms in total. The van der Waals surface area contributed by atoms with Crippen molar-refractivity contribution >= 4 is 0 Å². The first kappa shape index (κ1) is 10.5. The maximum Gasteiger partial charge on any atom is -0.0200 e. The Hall–Kier alpha value is -0.520. The lowest BCUT2D eigenvalue weighted by Gasteiger charge is -2.10. The van der Waals surface area contributed by atoms with E-state index in [4.69, 9.17) is 0 Å². The van der Waals surface area contributed by atoms with Gasteiger partial charge in [-0.25, -0.2) is 0 Å². The molecule has 0 saturated heterocycles. The van der Waals surface area contributed by atoms with Gasteiger partial charge < -0.3 is 0 Å². The minimum absolute atomic E-state index is 0.310. The van der Waals surface area contributed by atoms with Gasteiger partial charge in [-0.3, -0.25) is 0 Å². The van der Waals surface area contributed by atoms with Gasteiger partial charge in [-0.1, -0.05) is 51.5 Å². The molecule has 0 saturated carbocycles. The van der Waals surface area contributed by atoms with Crippen molar-refractivity contribution in [2.75, 3.05) is 0 Å². The average molecular weight is 152 g/mol. The largest absolute Gasteiger partial charge is 0.0791 e. The van der Waals surface area contributed by atoms with Gasteiger partial charge in [0.05, 0.1) is 0 Å². The molecule has 0 heterocycles. The number of hydrogen-bond donors (Lipinski definition) is 0. The van der Waals surface area contributed by atoms with E-state index in [1.54, 1.807) is 0 Å². The standard InChI is InChI=1S/C11H20/c1-6-10(2)8-7-9-11(3,4)5/h7-9H,6H2,1-5H3. The van der Waals surface area contributed by atoms with Gasteiger partial charge in [0.2, 0.25) is 0 Å². The molecule has 0 rings (SSSR count). The molecule has 0 aliphatic rings. The van der Waals surface area contributed by atoms with E-state index in [2.05, 4.69) is 52.8 Å². The zero-order valence-electron chi connectivity index (χ0n) is 8.44. The van der Waals surface area contributed by atoms with E-state index < -0.39 is 0 Å². The van der Waals surface area contributed by atoms with E-state index >= 15 is 0 Å². The quantitative estimate of drug-likeness (QED) is 0.526. The van der Waals surface area contributed by atoms with E-state index in [-0.39, 0.29) is 0 Å². The monoisotopic (exact) mass is 152 g/mol. The van der Waals surface area contributed by atoms with Gasteiger partial charge in [0.15, 0.2) is 0 Å². The molecule has 0 spiro atoms. The molecule has 0 aromatic rings. The summed E-state index contributed by atoms with van der Waals surface area (Å²) in [5.74, 6) is 0. The predicted octanol–water partition coefficient (Wildman–Crippen LogP) is 3.95. The fourth-order valence-corrected chi connectivity index (χ4v) is 0.619. The maximum atomic E-state index is 2.23. The molecule has 0 bridgehead atoms. The van der Waals surface area contributed by atoms with Crippen molar-refractivity contribution in [2.24, 2.45) is 5.41 Å². The molecule has 11 heavy (non-hydrogen) atoms. The van der Waals surface area contributed by atoms with Crippen molar-refractivity contribution in [3.8, 4) is 0 Å². The minimum atomic E-state index is 0.310. The average Bonchev–Trinajstić information content (AvgIpc) is 1.85. The predicted molar refractivity (Wildman–Crippen MR) is 52.6 cm³/mol. The van der Waals surface area contributed by atoms with Crippen LogP contribution in [-0.4, -0.2) is 0 Å². The van der Waals surface area contributed by atoms with E-state index in [0.717, 1.165) is 6.42 Å². The molecule has 0 aliphatic carbocycles. The number of rotatable bonds is 2. The summed E-state index contributed by atoms with van der Waals surface area (Å²) in [6.07, 6.45) is 7.71. The Balaban J connectivity index is 3.96. The minimum Gasteiger partial charge on any atom is -0.0791 e. The molecule has 0 aliphatic heterocycles. The lowest BCUT2D eigenvalue weighted by atomic mass is 9.96. The Labute approximate surface area is 71.0 Å². The fourth-order valence-electron chi connectivity index (χ4n) is 0.619. The smallest absolute Gasteiger partial charge is 0.0200 e. The van der Waals surface area contributed by atoms with Gasteiger partial charge in [-0.05, 0) is 18.8 Å². The van der Waals surface area contributed by atoms with Gasteiger partial charge in [0, 0.05) is 0 Å². The van der Waals surface area contributed by atoms with Crippen molar-refractivity contribution < 1.29 is 0 Å². The van der Waals surface area contributed by atoms with Crippen LogP contribution in [0.2, 0.25) is 0 Å². The molecule has 0 unspecified atom stereocenters. The summed E-state index contributed by atoms with van der Waals surface area (Å²) >= 11 is 0. The van der Waals surface area contributed by atoms with Crippen LogP contribution in [0, 0.1) is 5.41 Å². The van der Waals surface area contributed by atoms with E-state index in [0.29, 0.717) is 5.41 Å². The molecular weight excluding hydrogens is 132 g/mol. The first-order valence-corrected chi connectivity index (χ1v) is 4.30. The highest BCUT2D eigenvalue weighted by Crippen LogP contribution is 2.14. The Bertz CT molecular complexity index is 153. The van der Waals surface area contributed by atoms with Gasteiger partial charge >= 0.3 is 0 Å². The van der Waals surface area contributed by atoms with Crippen molar-refractivity contribution in [3.63, 3.8) is 0 Å². The summed E-state index contributed by atoms with van der Waals surface area (Å²) in [4.78, 5) is 0. The summed E-state index contributed by atoms with van der Waals surface area (Å²) in [6, 6.07) is 0. The third kappa shape index (κ3) is 7.38. The fraction of sp³-hybridized carbons (Fsp3) is 0.636. The molecular formula is C11H20. The van der Waals surface area contributed by atoms with Crippen LogP contribution >= 0.6 is 0 Å². The highest BCUT2D eigenvalue weighted by molar-refractivity contribution is 5.11. The lowest BCUT2D eigenvalue weighted by Crippen LogP contribution is -1.97. The molecule has 0 N–H and O–H groups in total. The normalized spacial score (nSPS) is 14.5. The zero-order valence-corrected chi connectivity index (χ0v) is 8.44. The summed E-state index contributed by atoms with van der Waals surface area (Å²) in [5.41, 5.74) is 1.75. The molecule has 0 heteroatoms. The molecule has 0 fully saturated rings. The van der Waals surface area contributed by atoms with Crippen LogP contribution < -0.4 is 0 Å². The van der Waals surface area contributed by atoms with Crippen LogP contribution in [0.3, 0.4) is 0 Å². The first-order chi connectivity index (χ1) is 4.95. The topological polar surface area (TPSA) is 0 Å². The molecule has 64 valence electrons. The number of allylic oxidation sites excluding steroid dienone is 4. The van der Waals surface area contributed by atoms with Crippen LogP contribution in [0.15, 0.2) is 23.8 Å². The second-order valence-electron chi connectivity index (χ2n) is 4.09. The van der Waals surface area contributed by atoms with Gasteiger partial charge in [-0.15, -0.1) is 0 Å². The van der Waals surface area contributed by atoms with Crippen molar-refractivity contribution in [1.29, 1.82) is 0 Å². The SMILES string of the molecule is CCC(C)=CC=CC(C)(C)C. The Morgan fingerprint density at radius 1 is 1.27 bits per heavy atom. The highest BCUT2D eigenvalue weighted by atomic mass is 14.1. The van der Waals surface area contributed by atoms with Gasteiger partial charge in [0.25, 0.3) is 0 Å². The number of hydrogen-bond acceptors (Lipinski definition) is 0. The van der Waals surface area contributed by atoms with Crippen molar-refractivity contribution in [2.45, 2.75) is 41.0 Å². The van der Waals surface area contributed by atoms with E-state index in [1.165, 1.54) is 5.57 Å². The van der Waals surface area contributed by atoms with Crippen LogP contribution in [0.5, 0.6) is 0 Å². The summed E-state index contributed by atoms with van der Waals surface area (Å²) in [6.45, 7) is 11.0. The van der Waals surface area contributed by atoms with Crippen LogP contribution in [0.4, 0.5) is 0 Å². The first-order valence-electron chi connectivity index (χ1n) is 4.30. The van der Waals surface area contributed by atoms with Gasteiger partial charge in [-0.2, -0.15) is 0 Å². The molecule has 0 amide bonds. The van der Waals surface area contributed by atoms with Crippen molar-refractivity contribution in [1.82, 2.24) is 0 Å². The Morgan fingerprint density at radius 3 is 2.18 bits per heavy atom.